The number of carbonyl (C=O) groups is 1. The molecule has 0 unspecified atom stereocenters. The number of carbonyl (C=O) groups excluding carboxylic acids is 1. The van der Waals surface area contributed by atoms with Gasteiger partial charge in [0.1, 0.15) is 0 Å². The SMILES string of the molecule is O=C(N[C@H]1CCCO[C@H](c2ccc(Cl)cc2)OC1)c1ccccc1. The van der Waals surface area contributed by atoms with Crippen molar-refractivity contribution in [2.45, 2.75) is 25.2 Å². The lowest BCUT2D eigenvalue weighted by Crippen LogP contribution is -2.39. The molecule has 1 amide bonds. The van der Waals surface area contributed by atoms with Crippen LogP contribution in [0.1, 0.15) is 35.1 Å². The van der Waals surface area contributed by atoms with Crippen LogP contribution in [0.3, 0.4) is 0 Å². The van der Waals surface area contributed by atoms with Crippen LogP contribution in [0.5, 0.6) is 0 Å². The third kappa shape index (κ3) is 4.57. The predicted octanol–water partition coefficient (Wildman–Crippen LogP) is 3.96. The molecule has 1 fully saturated rings. The Morgan fingerprint density at radius 2 is 1.79 bits per heavy atom. The zero-order valence-electron chi connectivity index (χ0n) is 13.3. The number of nitrogens with one attached hydrogen (secondary N) is 1. The fraction of sp³-hybridized carbons (Fsp3) is 0.316. The first kappa shape index (κ1) is 17.0. The van der Waals surface area contributed by atoms with Gasteiger partial charge in [-0.05, 0) is 37.1 Å². The van der Waals surface area contributed by atoms with E-state index < -0.39 is 6.29 Å². The number of rotatable bonds is 3. The topological polar surface area (TPSA) is 47.6 Å². The number of amides is 1. The van der Waals surface area contributed by atoms with Crippen molar-refractivity contribution in [1.82, 2.24) is 5.32 Å². The Labute approximate surface area is 146 Å². The number of hydrogen-bond acceptors (Lipinski definition) is 3. The summed E-state index contributed by atoms with van der Waals surface area (Å²) in [5, 5.41) is 3.72. The highest BCUT2D eigenvalue weighted by Crippen LogP contribution is 2.23. The molecule has 2 aromatic rings. The Morgan fingerprint density at radius 3 is 2.54 bits per heavy atom. The van der Waals surface area contributed by atoms with E-state index in [4.69, 9.17) is 21.1 Å². The Hall–Kier alpha value is -1.88. The summed E-state index contributed by atoms with van der Waals surface area (Å²) < 4.78 is 11.6. The number of hydrogen-bond donors (Lipinski definition) is 1. The van der Waals surface area contributed by atoms with Gasteiger partial charge in [0.25, 0.3) is 5.91 Å². The summed E-state index contributed by atoms with van der Waals surface area (Å²) in [4.78, 5) is 12.3. The minimum atomic E-state index is -0.432. The molecular formula is C19H20ClNO3. The summed E-state index contributed by atoms with van der Waals surface area (Å²) in [6.45, 7) is 0.997. The predicted molar refractivity (Wildman–Crippen MR) is 93.0 cm³/mol. The summed E-state index contributed by atoms with van der Waals surface area (Å²) in [5.74, 6) is -0.0752. The van der Waals surface area contributed by atoms with E-state index in [2.05, 4.69) is 5.32 Å². The van der Waals surface area contributed by atoms with Gasteiger partial charge in [0.2, 0.25) is 0 Å². The van der Waals surface area contributed by atoms with Crippen LogP contribution >= 0.6 is 11.6 Å². The average Bonchev–Trinajstić information content (AvgIpc) is 2.59. The molecule has 1 saturated heterocycles. The second kappa shape index (κ2) is 8.29. The van der Waals surface area contributed by atoms with Crippen molar-refractivity contribution in [2.24, 2.45) is 0 Å². The fourth-order valence-electron chi connectivity index (χ4n) is 2.64. The summed E-state index contributed by atoms with van der Waals surface area (Å²) in [7, 11) is 0. The van der Waals surface area contributed by atoms with Gasteiger partial charge in [0.05, 0.1) is 19.3 Å². The van der Waals surface area contributed by atoms with Gasteiger partial charge in [-0.3, -0.25) is 4.79 Å². The molecule has 0 spiro atoms. The molecule has 1 N–H and O–H groups in total. The molecule has 5 heteroatoms. The van der Waals surface area contributed by atoms with Crippen molar-refractivity contribution in [3.05, 3.63) is 70.7 Å². The fourth-order valence-corrected chi connectivity index (χ4v) is 2.77. The molecule has 0 aromatic heterocycles. The lowest BCUT2D eigenvalue weighted by Gasteiger charge is -2.27. The van der Waals surface area contributed by atoms with E-state index in [1.165, 1.54) is 0 Å². The van der Waals surface area contributed by atoms with Crippen LogP contribution in [0, 0.1) is 0 Å². The Balaban J connectivity index is 1.60. The average molecular weight is 346 g/mol. The molecule has 2 atom stereocenters. The molecule has 1 aliphatic heterocycles. The third-order valence-corrected chi connectivity index (χ3v) is 4.18. The first-order valence-corrected chi connectivity index (χ1v) is 8.45. The van der Waals surface area contributed by atoms with Crippen molar-refractivity contribution in [3.63, 3.8) is 0 Å². The van der Waals surface area contributed by atoms with Crippen molar-refractivity contribution in [2.75, 3.05) is 13.2 Å². The quantitative estimate of drug-likeness (QED) is 0.915. The van der Waals surface area contributed by atoms with Crippen LogP contribution in [-0.4, -0.2) is 25.2 Å². The van der Waals surface area contributed by atoms with E-state index in [9.17, 15) is 4.79 Å². The van der Waals surface area contributed by atoms with Crippen LogP contribution in [0.2, 0.25) is 5.02 Å². The zero-order valence-corrected chi connectivity index (χ0v) is 14.0. The van der Waals surface area contributed by atoms with Gasteiger partial charge in [-0.1, -0.05) is 41.9 Å². The molecule has 0 radical (unpaired) electrons. The van der Waals surface area contributed by atoms with Crippen LogP contribution in [0.4, 0.5) is 0 Å². The van der Waals surface area contributed by atoms with Gasteiger partial charge in [-0.2, -0.15) is 0 Å². The second-order valence-electron chi connectivity index (χ2n) is 5.77. The molecule has 4 nitrogen and oxygen atoms in total. The van der Waals surface area contributed by atoms with Crippen LogP contribution in [0.15, 0.2) is 54.6 Å². The maximum absolute atomic E-state index is 12.3. The van der Waals surface area contributed by atoms with Crippen molar-refractivity contribution < 1.29 is 14.3 Å². The van der Waals surface area contributed by atoms with Gasteiger partial charge in [-0.15, -0.1) is 0 Å². The normalized spacial score (nSPS) is 21.5. The highest BCUT2D eigenvalue weighted by atomic mass is 35.5. The van der Waals surface area contributed by atoms with Gasteiger partial charge < -0.3 is 14.8 Å². The molecule has 126 valence electrons. The summed E-state index contributed by atoms with van der Waals surface area (Å²) in [6.07, 6.45) is 1.26. The van der Waals surface area contributed by atoms with Gasteiger partial charge in [-0.25, -0.2) is 0 Å². The molecular weight excluding hydrogens is 326 g/mol. The summed E-state index contributed by atoms with van der Waals surface area (Å²) in [5.41, 5.74) is 1.58. The van der Waals surface area contributed by atoms with Crippen LogP contribution in [0.25, 0.3) is 0 Å². The van der Waals surface area contributed by atoms with Crippen molar-refractivity contribution in [3.8, 4) is 0 Å². The lowest BCUT2D eigenvalue weighted by molar-refractivity contribution is -0.160. The molecule has 24 heavy (non-hydrogen) atoms. The minimum absolute atomic E-state index is 0.0311. The maximum atomic E-state index is 12.3. The molecule has 0 aliphatic carbocycles. The van der Waals surface area contributed by atoms with Crippen molar-refractivity contribution in [1.29, 1.82) is 0 Å². The van der Waals surface area contributed by atoms with Gasteiger partial charge in [0, 0.05) is 16.1 Å². The first-order chi connectivity index (χ1) is 11.7. The highest BCUT2D eigenvalue weighted by Gasteiger charge is 2.21. The van der Waals surface area contributed by atoms with Gasteiger partial charge >= 0.3 is 0 Å². The number of halogens is 1. The molecule has 1 heterocycles. The molecule has 3 rings (SSSR count). The van der Waals surface area contributed by atoms with E-state index in [0.717, 1.165) is 18.4 Å². The third-order valence-electron chi connectivity index (χ3n) is 3.93. The smallest absolute Gasteiger partial charge is 0.251 e. The summed E-state index contributed by atoms with van der Waals surface area (Å²) in [6, 6.07) is 16.6. The molecule has 2 aromatic carbocycles. The summed E-state index contributed by atoms with van der Waals surface area (Å²) >= 11 is 5.92. The van der Waals surface area contributed by atoms with Crippen molar-refractivity contribution >= 4 is 17.5 Å². The number of ether oxygens (including phenoxy) is 2. The molecule has 0 bridgehead atoms. The zero-order chi connectivity index (χ0) is 16.8. The van der Waals surface area contributed by atoms with Crippen LogP contribution in [-0.2, 0) is 9.47 Å². The highest BCUT2D eigenvalue weighted by molar-refractivity contribution is 6.30. The van der Waals surface area contributed by atoms with E-state index >= 15 is 0 Å². The molecule has 0 saturated carbocycles. The Morgan fingerprint density at radius 1 is 1.04 bits per heavy atom. The monoisotopic (exact) mass is 345 g/mol. The standard InChI is InChI=1S/C19H20ClNO3/c20-16-10-8-15(9-11-16)19-23-12-4-7-17(13-24-19)21-18(22)14-5-2-1-3-6-14/h1-3,5-6,8-11,17,19H,4,7,12-13H2,(H,21,22)/t17-,19-/m0/s1. The van der Waals surface area contributed by atoms with E-state index in [0.29, 0.717) is 23.8 Å². The van der Waals surface area contributed by atoms with E-state index in [1.54, 1.807) is 12.1 Å². The largest absolute Gasteiger partial charge is 0.348 e. The van der Waals surface area contributed by atoms with E-state index in [-0.39, 0.29) is 11.9 Å². The maximum Gasteiger partial charge on any atom is 0.251 e. The Bertz CT molecular complexity index is 660. The van der Waals surface area contributed by atoms with Gasteiger partial charge in [0.15, 0.2) is 6.29 Å². The lowest BCUT2D eigenvalue weighted by atomic mass is 10.1. The minimum Gasteiger partial charge on any atom is -0.348 e. The first-order valence-electron chi connectivity index (χ1n) is 8.07. The molecule has 1 aliphatic rings. The number of benzene rings is 2. The second-order valence-corrected chi connectivity index (χ2v) is 6.20. The van der Waals surface area contributed by atoms with Crippen LogP contribution < -0.4 is 5.32 Å². The Kier molecular flexibility index (Phi) is 5.86. The van der Waals surface area contributed by atoms with E-state index in [1.807, 2.05) is 42.5 Å².